The number of benzene rings is 1. The lowest BCUT2D eigenvalue weighted by molar-refractivity contribution is 0.218. The Morgan fingerprint density at radius 3 is 2.33 bits per heavy atom. The van der Waals surface area contributed by atoms with Crippen LogP contribution >= 0.6 is 0 Å². The predicted molar refractivity (Wildman–Crippen MR) is 71.2 cm³/mol. The van der Waals surface area contributed by atoms with Crippen LogP contribution in [0.15, 0.2) is 35.3 Å². The summed E-state index contributed by atoms with van der Waals surface area (Å²) in [6.07, 6.45) is 1.69. The molecule has 0 aliphatic heterocycles. The molecule has 0 unspecified atom stereocenters. The average molecular weight is 246 g/mol. The van der Waals surface area contributed by atoms with Gasteiger partial charge in [-0.15, -0.1) is 0 Å². The molecule has 18 heavy (non-hydrogen) atoms. The normalized spacial score (nSPS) is 11.8. The van der Waals surface area contributed by atoms with Crippen LogP contribution in [0.25, 0.3) is 5.69 Å². The molecule has 0 fully saturated rings. The fourth-order valence-corrected chi connectivity index (χ4v) is 1.93. The number of H-pyrrole nitrogens is 1. The minimum atomic E-state index is -0.267. The molecule has 1 aromatic carbocycles. The van der Waals surface area contributed by atoms with E-state index in [-0.39, 0.29) is 17.7 Å². The van der Waals surface area contributed by atoms with Crippen molar-refractivity contribution in [1.82, 2.24) is 9.55 Å². The Hall–Kier alpha value is -1.81. The fourth-order valence-electron chi connectivity index (χ4n) is 1.93. The third-order valence-corrected chi connectivity index (χ3v) is 3.26. The number of nitrogens with one attached hydrogen (secondary N) is 1. The van der Waals surface area contributed by atoms with Gasteiger partial charge in [0.2, 0.25) is 0 Å². The first-order valence-electron chi connectivity index (χ1n) is 5.94. The molecular weight excluding hydrogens is 228 g/mol. The molecule has 2 aromatic rings. The van der Waals surface area contributed by atoms with Gasteiger partial charge in [-0.05, 0) is 24.6 Å². The summed E-state index contributed by atoms with van der Waals surface area (Å²) in [5, 5.41) is 9.33. The van der Waals surface area contributed by atoms with Crippen LogP contribution in [0.3, 0.4) is 0 Å². The molecule has 2 rings (SSSR count). The molecule has 0 saturated carbocycles. The Balaban J connectivity index is 2.43. The maximum absolute atomic E-state index is 11.6. The minimum absolute atomic E-state index is 0.0927. The van der Waals surface area contributed by atoms with E-state index in [4.69, 9.17) is 0 Å². The second-order valence-corrected chi connectivity index (χ2v) is 5.16. The Labute approximate surface area is 106 Å². The number of aryl methyl sites for hydroxylation is 1. The molecule has 0 spiro atoms. The molecule has 0 aliphatic rings. The summed E-state index contributed by atoms with van der Waals surface area (Å²) < 4.78 is 1.62. The van der Waals surface area contributed by atoms with E-state index in [2.05, 4.69) is 4.98 Å². The van der Waals surface area contributed by atoms with E-state index in [1.54, 1.807) is 10.8 Å². The first kappa shape index (κ1) is 12.6. The average Bonchev–Trinajstić information content (AvgIpc) is 2.69. The van der Waals surface area contributed by atoms with Gasteiger partial charge in [-0.25, -0.2) is 4.79 Å². The highest BCUT2D eigenvalue weighted by molar-refractivity contribution is 5.38. The van der Waals surface area contributed by atoms with Crippen LogP contribution in [0.1, 0.15) is 25.1 Å². The molecule has 1 aromatic heterocycles. The number of aliphatic hydroxyl groups excluding tert-OH is 1. The zero-order valence-electron chi connectivity index (χ0n) is 10.9. The van der Waals surface area contributed by atoms with Crippen LogP contribution in [0.5, 0.6) is 0 Å². The van der Waals surface area contributed by atoms with Gasteiger partial charge in [-0.2, -0.15) is 0 Å². The third kappa shape index (κ3) is 2.11. The van der Waals surface area contributed by atoms with E-state index < -0.39 is 0 Å². The van der Waals surface area contributed by atoms with Gasteiger partial charge < -0.3 is 10.1 Å². The van der Waals surface area contributed by atoms with E-state index in [0.29, 0.717) is 0 Å². The van der Waals surface area contributed by atoms with Crippen molar-refractivity contribution in [2.24, 2.45) is 0 Å². The van der Waals surface area contributed by atoms with Gasteiger partial charge in [0.1, 0.15) is 0 Å². The zero-order valence-corrected chi connectivity index (χ0v) is 10.9. The van der Waals surface area contributed by atoms with Crippen LogP contribution < -0.4 is 5.69 Å². The highest BCUT2D eigenvalue weighted by Gasteiger charge is 2.19. The van der Waals surface area contributed by atoms with Gasteiger partial charge in [0.15, 0.2) is 0 Å². The van der Waals surface area contributed by atoms with Gasteiger partial charge in [0.05, 0.1) is 12.3 Å². The quantitative estimate of drug-likeness (QED) is 0.866. The Morgan fingerprint density at radius 2 is 1.89 bits per heavy atom. The van der Waals surface area contributed by atoms with Crippen LogP contribution in [-0.4, -0.2) is 21.3 Å². The number of aromatic amines is 1. The number of rotatable bonds is 3. The van der Waals surface area contributed by atoms with Gasteiger partial charge >= 0.3 is 5.69 Å². The SMILES string of the molecule is Cc1c[nH]c(=O)n1-c1ccc(C(C)(C)CO)cc1. The number of hydrogen-bond donors (Lipinski definition) is 2. The Morgan fingerprint density at radius 1 is 1.28 bits per heavy atom. The van der Waals surface area contributed by atoms with Crippen molar-refractivity contribution in [3.05, 3.63) is 52.2 Å². The van der Waals surface area contributed by atoms with Gasteiger partial charge in [-0.1, -0.05) is 26.0 Å². The molecule has 0 saturated heterocycles. The van der Waals surface area contributed by atoms with E-state index in [1.807, 2.05) is 45.0 Å². The second-order valence-electron chi connectivity index (χ2n) is 5.16. The lowest BCUT2D eigenvalue weighted by Gasteiger charge is -2.22. The monoisotopic (exact) mass is 246 g/mol. The molecule has 2 N–H and O–H groups in total. The molecule has 0 amide bonds. The molecule has 96 valence electrons. The summed E-state index contributed by atoms with van der Waals surface area (Å²) in [4.78, 5) is 14.3. The molecule has 0 atom stereocenters. The molecule has 1 heterocycles. The van der Waals surface area contributed by atoms with E-state index >= 15 is 0 Å². The summed E-state index contributed by atoms with van der Waals surface area (Å²) in [5.41, 5.74) is 2.35. The van der Waals surface area contributed by atoms with Gasteiger partial charge in [0.25, 0.3) is 0 Å². The van der Waals surface area contributed by atoms with Gasteiger partial charge in [0, 0.05) is 17.3 Å². The molecule has 4 nitrogen and oxygen atoms in total. The largest absolute Gasteiger partial charge is 0.395 e. The number of hydrogen-bond acceptors (Lipinski definition) is 2. The lowest BCUT2D eigenvalue weighted by Crippen LogP contribution is -2.22. The van der Waals surface area contributed by atoms with Crippen molar-refractivity contribution < 1.29 is 5.11 Å². The fraction of sp³-hybridized carbons (Fsp3) is 0.357. The number of imidazole rings is 1. The number of aromatic nitrogens is 2. The highest BCUT2D eigenvalue weighted by atomic mass is 16.3. The Kier molecular flexibility index (Phi) is 3.13. The summed E-state index contributed by atoms with van der Waals surface area (Å²) in [7, 11) is 0. The molecule has 0 radical (unpaired) electrons. The maximum Gasteiger partial charge on any atom is 0.330 e. The smallest absolute Gasteiger partial charge is 0.330 e. The van der Waals surface area contributed by atoms with Crippen molar-refractivity contribution >= 4 is 0 Å². The first-order chi connectivity index (χ1) is 8.45. The van der Waals surface area contributed by atoms with Crippen molar-refractivity contribution in [1.29, 1.82) is 0 Å². The number of nitrogens with zero attached hydrogens (tertiary/aromatic N) is 1. The van der Waals surface area contributed by atoms with Crippen molar-refractivity contribution in [3.8, 4) is 5.69 Å². The van der Waals surface area contributed by atoms with E-state index in [1.165, 1.54) is 0 Å². The molecule has 0 bridgehead atoms. The van der Waals surface area contributed by atoms with E-state index in [9.17, 15) is 9.90 Å². The number of aliphatic hydroxyl groups is 1. The predicted octanol–water partition coefficient (Wildman–Crippen LogP) is 1.74. The van der Waals surface area contributed by atoms with Crippen LogP contribution in [-0.2, 0) is 5.41 Å². The first-order valence-corrected chi connectivity index (χ1v) is 5.94. The second kappa shape index (κ2) is 4.46. The summed E-state index contributed by atoms with van der Waals surface area (Å²) in [5.74, 6) is 0. The summed E-state index contributed by atoms with van der Waals surface area (Å²) in [6.45, 7) is 5.93. The third-order valence-electron chi connectivity index (χ3n) is 3.26. The molecule has 0 aliphatic carbocycles. The lowest BCUT2D eigenvalue weighted by atomic mass is 9.85. The minimum Gasteiger partial charge on any atom is -0.395 e. The highest BCUT2D eigenvalue weighted by Crippen LogP contribution is 2.23. The van der Waals surface area contributed by atoms with Crippen molar-refractivity contribution in [3.63, 3.8) is 0 Å². The summed E-state index contributed by atoms with van der Waals surface area (Å²) in [6, 6.07) is 7.69. The maximum atomic E-state index is 11.6. The zero-order chi connectivity index (χ0) is 13.3. The Bertz CT molecular complexity index is 591. The van der Waals surface area contributed by atoms with Crippen molar-refractivity contribution in [2.45, 2.75) is 26.2 Å². The van der Waals surface area contributed by atoms with Crippen LogP contribution in [0.2, 0.25) is 0 Å². The molecule has 4 heteroatoms. The van der Waals surface area contributed by atoms with Gasteiger partial charge in [-0.3, -0.25) is 4.57 Å². The van der Waals surface area contributed by atoms with Crippen LogP contribution in [0, 0.1) is 6.92 Å². The molecular formula is C14H18N2O2. The topological polar surface area (TPSA) is 58.0 Å². The van der Waals surface area contributed by atoms with Crippen molar-refractivity contribution in [2.75, 3.05) is 6.61 Å². The standard InChI is InChI=1S/C14H18N2O2/c1-10-8-15-13(18)16(10)12-6-4-11(5-7-12)14(2,3)9-17/h4-8,17H,9H2,1-3H3,(H,15,18). The van der Waals surface area contributed by atoms with Crippen LogP contribution in [0.4, 0.5) is 0 Å². The van der Waals surface area contributed by atoms with E-state index in [0.717, 1.165) is 16.9 Å². The summed E-state index contributed by atoms with van der Waals surface area (Å²) >= 11 is 0.